The van der Waals surface area contributed by atoms with Crippen molar-refractivity contribution in [1.82, 2.24) is 0 Å². The fraction of sp³-hybridized carbons (Fsp3) is 0.625. The van der Waals surface area contributed by atoms with E-state index in [0.717, 1.165) is 24.8 Å². The van der Waals surface area contributed by atoms with E-state index in [9.17, 15) is 5.11 Å². The first-order valence-electron chi connectivity index (χ1n) is 7.17. The summed E-state index contributed by atoms with van der Waals surface area (Å²) < 4.78 is 0. The zero-order valence-electron chi connectivity index (χ0n) is 11.1. The van der Waals surface area contributed by atoms with Crippen LogP contribution in [0.3, 0.4) is 0 Å². The predicted octanol–water partition coefficient (Wildman–Crippen LogP) is 3.88. The molecule has 0 aromatic heterocycles. The van der Waals surface area contributed by atoms with E-state index < -0.39 is 5.60 Å². The van der Waals surface area contributed by atoms with Gasteiger partial charge in [-0.1, -0.05) is 37.6 Å². The Hall–Kier alpha value is -0.470. The molecule has 1 nitrogen and oxygen atoms in total. The summed E-state index contributed by atoms with van der Waals surface area (Å²) in [6.45, 7) is 2.18. The molecule has 1 N–H and O–H groups in total. The van der Waals surface area contributed by atoms with Crippen molar-refractivity contribution >= 4 is 11.8 Å². The normalized spacial score (nSPS) is 35.4. The summed E-state index contributed by atoms with van der Waals surface area (Å²) in [5.74, 6) is 0. The molecule has 2 aliphatic heterocycles. The van der Waals surface area contributed by atoms with Gasteiger partial charge in [-0.25, -0.2) is 0 Å². The Morgan fingerprint density at radius 2 is 2.00 bits per heavy atom. The molecule has 98 valence electrons. The van der Waals surface area contributed by atoms with Crippen LogP contribution in [-0.4, -0.2) is 15.6 Å². The molecule has 2 bridgehead atoms. The third-order valence-electron chi connectivity index (χ3n) is 4.44. The summed E-state index contributed by atoms with van der Waals surface area (Å²) in [5, 5.41) is 12.4. The van der Waals surface area contributed by atoms with E-state index >= 15 is 0 Å². The Kier molecular flexibility index (Phi) is 3.42. The summed E-state index contributed by atoms with van der Waals surface area (Å²) in [7, 11) is 0. The standard InChI is InChI=1S/C16H22OS/c1-2-12-5-3-6-13(9-12)16(17)10-14-7-4-8-15(11-16)18-14/h3,5-6,9,14-15,17H,2,4,7-8,10-11H2,1H3. The number of fused-ring (bicyclic) bond motifs is 2. The molecule has 2 aliphatic rings. The summed E-state index contributed by atoms with van der Waals surface area (Å²) >= 11 is 2.12. The van der Waals surface area contributed by atoms with Crippen LogP contribution in [0, 0.1) is 0 Å². The lowest BCUT2D eigenvalue weighted by Crippen LogP contribution is -2.40. The maximum absolute atomic E-state index is 11.1. The molecule has 2 unspecified atom stereocenters. The van der Waals surface area contributed by atoms with Crippen LogP contribution in [0.15, 0.2) is 24.3 Å². The highest BCUT2D eigenvalue weighted by Gasteiger charge is 2.42. The molecule has 0 saturated carbocycles. The van der Waals surface area contributed by atoms with E-state index in [0.29, 0.717) is 10.5 Å². The minimum atomic E-state index is -0.563. The number of hydrogen-bond acceptors (Lipinski definition) is 2. The van der Waals surface area contributed by atoms with E-state index in [4.69, 9.17) is 0 Å². The van der Waals surface area contributed by atoms with Gasteiger partial charge in [-0.05, 0) is 43.2 Å². The summed E-state index contributed by atoms with van der Waals surface area (Å²) in [6.07, 6.45) is 6.87. The number of aliphatic hydroxyl groups is 1. The number of rotatable bonds is 2. The van der Waals surface area contributed by atoms with Gasteiger partial charge in [-0.2, -0.15) is 11.8 Å². The van der Waals surface area contributed by atoms with Crippen LogP contribution in [0.5, 0.6) is 0 Å². The van der Waals surface area contributed by atoms with Gasteiger partial charge in [0.05, 0.1) is 5.60 Å². The molecule has 0 amide bonds. The highest BCUT2D eigenvalue weighted by molar-refractivity contribution is 8.00. The zero-order chi connectivity index (χ0) is 12.6. The number of aryl methyl sites for hydroxylation is 1. The Morgan fingerprint density at radius 3 is 2.67 bits per heavy atom. The summed E-state index contributed by atoms with van der Waals surface area (Å²) in [4.78, 5) is 0. The van der Waals surface area contributed by atoms with Gasteiger partial charge in [0.2, 0.25) is 0 Å². The van der Waals surface area contributed by atoms with Crippen molar-refractivity contribution in [2.75, 3.05) is 0 Å². The Bertz CT molecular complexity index is 417. The Morgan fingerprint density at radius 1 is 1.28 bits per heavy atom. The van der Waals surface area contributed by atoms with Crippen LogP contribution < -0.4 is 0 Å². The van der Waals surface area contributed by atoms with Gasteiger partial charge in [0.1, 0.15) is 0 Å². The van der Waals surface area contributed by atoms with Crippen LogP contribution >= 0.6 is 11.8 Å². The fourth-order valence-corrected chi connectivity index (χ4v) is 5.33. The Balaban J connectivity index is 1.89. The van der Waals surface area contributed by atoms with E-state index in [2.05, 4.69) is 43.0 Å². The van der Waals surface area contributed by atoms with E-state index in [-0.39, 0.29) is 0 Å². The molecule has 2 atom stereocenters. The fourth-order valence-electron chi connectivity index (χ4n) is 3.43. The number of hydrogen-bond donors (Lipinski definition) is 1. The van der Waals surface area contributed by atoms with E-state index in [1.165, 1.54) is 24.8 Å². The Labute approximate surface area is 114 Å². The second-order valence-corrected chi connectivity index (χ2v) is 7.41. The second kappa shape index (κ2) is 4.90. The van der Waals surface area contributed by atoms with Gasteiger partial charge in [-0.3, -0.25) is 0 Å². The quantitative estimate of drug-likeness (QED) is 0.872. The molecule has 0 aliphatic carbocycles. The van der Waals surface area contributed by atoms with Crippen LogP contribution in [-0.2, 0) is 12.0 Å². The second-order valence-electron chi connectivity index (χ2n) is 5.80. The van der Waals surface area contributed by atoms with E-state index in [1.807, 2.05) is 0 Å². The monoisotopic (exact) mass is 262 g/mol. The molecule has 0 spiro atoms. The molecule has 3 rings (SSSR count). The van der Waals surface area contributed by atoms with E-state index in [1.54, 1.807) is 0 Å². The molecular formula is C16H22OS. The largest absolute Gasteiger partial charge is 0.385 e. The molecule has 1 aromatic carbocycles. The maximum atomic E-state index is 11.1. The van der Waals surface area contributed by atoms with Crippen LogP contribution in [0.4, 0.5) is 0 Å². The molecule has 2 saturated heterocycles. The summed E-state index contributed by atoms with van der Waals surface area (Å²) in [5.41, 5.74) is 1.93. The topological polar surface area (TPSA) is 20.2 Å². The number of thioether (sulfide) groups is 1. The first-order valence-corrected chi connectivity index (χ1v) is 8.11. The van der Waals surface area contributed by atoms with Crippen LogP contribution in [0.25, 0.3) is 0 Å². The maximum Gasteiger partial charge on any atom is 0.0917 e. The minimum absolute atomic E-state index is 0.563. The van der Waals surface area contributed by atoms with Crippen molar-refractivity contribution in [3.8, 4) is 0 Å². The molecule has 18 heavy (non-hydrogen) atoms. The van der Waals surface area contributed by atoms with Gasteiger partial charge in [0.25, 0.3) is 0 Å². The third kappa shape index (κ3) is 2.33. The SMILES string of the molecule is CCc1cccc(C2(O)CC3CCCC(C2)S3)c1. The van der Waals surface area contributed by atoms with Gasteiger partial charge >= 0.3 is 0 Å². The van der Waals surface area contributed by atoms with Crippen molar-refractivity contribution in [3.05, 3.63) is 35.4 Å². The smallest absolute Gasteiger partial charge is 0.0917 e. The minimum Gasteiger partial charge on any atom is -0.385 e. The van der Waals surface area contributed by atoms with Gasteiger partial charge in [0.15, 0.2) is 0 Å². The highest BCUT2D eigenvalue weighted by Crippen LogP contribution is 2.49. The first kappa shape index (κ1) is 12.6. The van der Waals surface area contributed by atoms with Gasteiger partial charge in [0, 0.05) is 10.5 Å². The van der Waals surface area contributed by atoms with Crippen molar-refractivity contribution in [3.63, 3.8) is 0 Å². The zero-order valence-corrected chi connectivity index (χ0v) is 11.9. The first-order chi connectivity index (χ1) is 8.69. The lowest BCUT2D eigenvalue weighted by Gasteiger charge is -2.44. The summed E-state index contributed by atoms with van der Waals surface area (Å²) in [6, 6.07) is 8.59. The lowest BCUT2D eigenvalue weighted by atomic mass is 9.80. The van der Waals surface area contributed by atoms with Crippen molar-refractivity contribution in [2.24, 2.45) is 0 Å². The average molecular weight is 262 g/mol. The molecule has 2 heterocycles. The van der Waals surface area contributed by atoms with Crippen LogP contribution in [0.1, 0.15) is 50.2 Å². The predicted molar refractivity (Wildman–Crippen MR) is 78.0 cm³/mol. The van der Waals surface area contributed by atoms with Crippen LogP contribution in [0.2, 0.25) is 0 Å². The van der Waals surface area contributed by atoms with Gasteiger partial charge in [-0.15, -0.1) is 0 Å². The van der Waals surface area contributed by atoms with Gasteiger partial charge < -0.3 is 5.11 Å². The number of benzene rings is 1. The van der Waals surface area contributed by atoms with Crippen molar-refractivity contribution < 1.29 is 5.11 Å². The third-order valence-corrected chi connectivity index (χ3v) is 6.01. The lowest BCUT2D eigenvalue weighted by molar-refractivity contribution is 0.00807. The molecule has 2 heteroatoms. The van der Waals surface area contributed by atoms with Crippen molar-refractivity contribution in [1.29, 1.82) is 0 Å². The molecule has 2 fully saturated rings. The average Bonchev–Trinajstić information content (AvgIpc) is 2.38. The molecule has 0 radical (unpaired) electrons. The highest BCUT2D eigenvalue weighted by atomic mass is 32.2. The molecular weight excluding hydrogens is 240 g/mol. The molecule has 1 aromatic rings. The van der Waals surface area contributed by atoms with Crippen molar-refractivity contribution in [2.45, 2.75) is 61.5 Å².